The van der Waals surface area contributed by atoms with Crippen molar-refractivity contribution in [1.82, 2.24) is 0 Å². The third-order valence-corrected chi connectivity index (χ3v) is 11.9. The fourth-order valence-electron chi connectivity index (χ4n) is 8.62. The first-order chi connectivity index (χ1) is 30.6. The largest absolute Gasteiger partial charge is 0.310 e. The van der Waals surface area contributed by atoms with Crippen molar-refractivity contribution in [3.05, 3.63) is 253 Å². The molecule has 0 fully saturated rings. The normalized spacial score (nSPS) is 11.3. The van der Waals surface area contributed by atoms with Crippen LogP contribution in [0.15, 0.2) is 231 Å². The van der Waals surface area contributed by atoms with Crippen LogP contribution in [-0.4, -0.2) is 0 Å². The number of aryl methyl sites for hydroxylation is 2. The number of benzene rings is 10. The summed E-state index contributed by atoms with van der Waals surface area (Å²) in [5.41, 5.74) is 16.5. The van der Waals surface area contributed by atoms with Crippen LogP contribution in [0.1, 0.15) is 22.3 Å². The zero-order valence-electron chi connectivity index (χ0n) is 35.0. The molecule has 0 saturated heterocycles. The Bertz CT molecular complexity index is 2950. The van der Waals surface area contributed by atoms with E-state index in [2.05, 4.69) is 266 Å². The lowest BCUT2D eigenvalue weighted by atomic mass is 10.0. The van der Waals surface area contributed by atoms with E-state index in [1.165, 1.54) is 77.7 Å². The summed E-state index contributed by atoms with van der Waals surface area (Å²) in [6.45, 7) is 4.36. The third-order valence-electron chi connectivity index (χ3n) is 11.9. The molecular formula is C60H46N2. The molecule has 10 aromatic carbocycles. The number of fused-ring (bicyclic) bond motifs is 2. The topological polar surface area (TPSA) is 6.48 Å². The van der Waals surface area contributed by atoms with Crippen molar-refractivity contribution in [2.45, 2.75) is 13.8 Å². The third kappa shape index (κ3) is 7.67. The first kappa shape index (κ1) is 38.3. The first-order valence-corrected chi connectivity index (χ1v) is 21.3. The van der Waals surface area contributed by atoms with E-state index >= 15 is 0 Å². The van der Waals surface area contributed by atoms with Gasteiger partial charge < -0.3 is 9.80 Å². The Morgan fingerprint density at radius 1 is 0.274 bits per heavy atom. The van der Waals surface area contributed by atoms with Crippen LogP contribution in [0.2, 0.25) is 0 Å². The van der Waals surface area contributed by atoms with E-state index in [1.807, 2.05) is 0 Å². The Hall–Kier alpha value is -7.94. The quantitative estimate of drug-likeness (QED) is 0.127. The lowest BCUT2D eigenvalue weighted by Crippen LogP contribution is -2.11. The van der Waals surface area contributed by atoms with Gasteiger partial charge in [-0.3, -0.25) is 0 Å². The van der Waals surface area contributed by atoms with E-state index in [0.29, 0.717) is 0 Å². The zero-order chi connectivity index (χ0) is 41.8. The second kappa shape index (κ2) is 17.0. The van der Waals surface area contributed by atoms with Gasteiger partial charge in [0.1, 0.15) is 0 Å². The zero-order valence-corrected chi connectivity index (χ0v) is 35.0. The van der Waals surface area contributed by atoms with Crippen molar-refractivity contribution in [2.24, 2.45) is 0 Å². The molecule has 62 heavy (non-hydrogen) atoms. The highest BCUT2D eigenvalue weighted by Gasteiger charge is 2.18. The molecule has 0 saturated carbocycles. The van der Waals surface area contributed by atoms with Crippen LogP contribution in [0.3, 0.4) is 0 Å². The highest BCUT2D eigenvalue weighted by atomic mass is 15.2. The summed E-state index contributed by atoms with van der Waals surface area (Å²) >= 11 is 0. The van der Waals surface area contributed by atoms with Crippen LogP contribution in [0, 0.1) is 13.8 Å². The monoisotopic (exact) mass is 794 g/mol. The summed E-state index contributed by atoms with van der Waals surface area (Å²) < 4.78 is 0. The molecule has 0 unspecified atom stereocenters. The molecule has 0 atom stereocenters. The summed E-state index contributed by atoms with van der Waals surface area (Å²) in [4.78, 5) is 4.76. The molecule has 0 amide bonds. The summed E-state index contributed by atoms with van der Waals surface area (Å²) in [7, 11) is 0. The van der Waals surface area contributed by atoms with E-state index < -0.39 is 0 Å². The second-order valence-electron chi connectivity index (χ2n) is 15.9. The summed E-state index contributed by atoms with van der Waals surface area (Å²) in [5.74, 6) is 0. The van der Waals surface area contributed by atoms with Crippen molar-refractivity contribution < 1.29 is 0 Å². The maximum absolute atomic E-state index is 2.38. The molecule has 10 aromatic rings. The van der Waals surface area contributed by atoms with Gasteiger partial charge in [-0.2, -0.15) is 0 Å². The Kier molecular flexibility index (Phi) is 10.5. The number of hydrogen-bond donors (Lipinski definition) is 0. The number of para-hydroxylation sites is 2. The van der Waals surface area contributed by atoms with Crippen LogP contribution in [0.4, 0.5) is 34.1 Å². The molecule has 2 nitrogen and oxygen atoms in total. The number of rotatable bonds is 10. The minimum atomic E-state index is 1.13. The molecular weight excluding hydrogens is 749 g/mol. The molecule has 0 heterocycles. The molecule has 0 spiro atoms. The average Bonchev–Trinajstić information content (AvgIpc) is 3.33. The van der Waals surface area contributed by atoms with E-state index in [9.17, 15) is 0 Å². The highest BCUT2D eigenvalue weighted by molar-refractivity contribution is 6.00. The first-order valence-electron chi connectivity index (χ1n) is 21.3. The second-order valence-corrected chi connectivity index (χ2v) is 15.9. The van der Waals surface area contributed by atoms with Gasteiger partial charge in [0.15, 0.2) is 0 Å². The Morgan fingerprint density at radius 3 is 0.968 bits per heavy atom. The van der Waals surface area contributed by atoms with E-state index in [4.69, 9.17) is 0 Å². The fraction of sp³-hybridized carbons (Fsp3) is 0.0333. The SMILES string of the molecule is Cc1ccccc1N(c1ccc(-c2ccc(/C=C/c3ccc(-c4ccc(N(c5ccccc5C)c5cccc6ccccc56)cc4)cc3)cc2)cc1)c1cccc2ccccc12. The van der Waals surface area contributed by atoms with Gasteiger partial charge in [0, 0.05) is 33.5 Å². The Labute approximate surface area is 364 Å². The van der Waals surface area contributed by atoms with Crippen molar-refractivity contribution in [3.63, 3.8) is 0 Å². The lowest BCUT2D eigenvalue weighted by Gasteiger charge is -2.28. The van der Waals surface area contributed by atoms with Crippen LogP contribution < -0.4 is 9.80 Å². The molecule has 2 heteroatoms. The molecule has 0 aromatic heterocycles. The number of hydrogen-bond acceptors (Lipinski definition) is 2. The van der Waals surface area contributed by atoms with Crippen molar-refractivity contribution in [1.29, 1.82) is 0 Å². The van der Waals surface area contributed by atoms with Gasteiger partial charge in [-0.05, 0) is 118 Å². The smallest absolute Gasteiger partial charge is 0.0540 e. The highest BCUT2D eigenvalue weighted by Crippen LogP contribution is 2.42. The molecule has 296 valence electrons. The maximum atomic E-state index is 2.38. The van der Waals surface area contributed by atoms with Gasteiger partial charge >= 0.3 is 0 Å². The van der Waals surface area contributed by atoms with Gasteiger partial charge in [0.25, 0.3) is 0 Å². The van der Waals surface area contributed by atoms with Crippen molar-refractivity contribution in [3.8, 4) is 22.3 Å². The average molecular weight is 795 g/mol. The molecule has 0 N–H and O–H groups in total. The van der Waals surface area contributed by atoms with Crippen molar-refractivity contribution in [2.75, 3.05) is 9.80 Å². The molecule has 0 aliphatic rings. The minimum Gasteiger partial charge on any atom is -0.310 e. The molecule has 10 rings (SSSR count). The number of anilines is 6. The molecule has 0 aliphatic heterocycles. The number of nitrogens with zero attached hydrogens (tertiary/aromatic N) is 2. The Balaban J connectivity index is 0.849. The van der Waals surface area contributed by atoms with Gasteiger partial charge in [0.2, 0.25) is 0 Å². The molecule has 0 aliphatic carbocycles. The van der Waals surface area contributed by atoms with Gasteiger partial charge in [-0.1, -0.05) is 194 Å². The van der Waals surface area contributed by atoms with Crippen LogP contribution in [-0.2, 0) is 0 Å². The van der Waals surface area contributed by atoms with Crippen LogP contribution in [0.25, 0.3) is 56.0 Å². The molecule has 0 radical (unpaired) electrons. The molecule has 0 bridgehead atoms. The predicted octanol–water partition coefficient (Wildman–Crippen LogP) is 17.1. The minimum absolute atomic E-state index is 1.13. The van der Waals surface area contributed by atoms with E-state index in [0.717, 1.165) is 22.5 Å². The summed E-state index contributed by atoms with van der Waals surface area (Å²) in [6, 6.07) is 83.1. The van der Waals surface area contributed by atoms with E-state index in [-0.39, 0.29) is 0 Å². The summed E-state index contributed by atoms with van der Waals surface area (Å²) in [5, 5.41) is 4.91. The fourth-order valence-corrected chi connectivity index (χ4v) is 8.62. The van der Waals surface area contributed by atoms with Gasteiger partial charge in [-0.25, -0.2) is 0 Å². The van der Waals surface area contributed by atoms with Crippen LogP contribution >= 0.6 is 0 Å². The van der Waals surface area contributed by atoms with Gasteiger partial charge in [0.05, 0.1) is 11.4 Å². The Morgan fingerprint density at radius 2 is 0.581 bits per heavy atom. The van der Waals surface area contributed by atoms with Crippen LogP contribution in [0.5, 0.6) is 0 Å². The summed E-state index contributed by atoms with van der Waals surface area (Å²) in [6.07, 6.45) is 4.38. The van der Waals surface area contributed by atoms with Crippen molar-refractivity contribution >= 4 is 67.8 Å². The lowest BCUT2D eigenvalue weighted by molar-refractivity contribution is 1.26. The standard InChI is InChI=1S/C60H46N2/c1-43-13-3-9-21-57(43)61(59-23-11-17-51-15-5-7-19-55(51)59)53-39-35-49(36-40-53)47-31-27-45(28-32-47)25-26-46-29-33-48(34-30-46)50-37-41-54(42-38-50)62(58-22-10-4-14-44(58)2)60-24-12-18-52-16-6-8-20-56(52)60/h3-42H,1-2H3/b26-25+. The predicted molar refractivity (Wildman–Crippen MR) is 267 cm³/mol. The van der Waals surface area contributed by atoms with E-state index in [1.54, 1.807) is 0 Å². The van der Waals surface area contributed by atoms with Gasteiger partial charge in [-0.15, -0.1) is 0 Å². The maximum Gasteiger partial charge on any atom is 0.0540 e.